The van der Waals surface area contributed by atoms with Crippen molar-refractivity contribution in [2.45, 2.75) is 20.3 Å². The second-order valence-electron chi connectivity index (χ2n) is 6.65. The summed E-state index contributed by atoms with van der Waals surface area (Å²) in [5.74, 6) is 0.0183. The predicted molar refractivity (Wildman–Crippen MR) is 112 cm³/mol. The van der Waals surface area contributed by atoms with Gasteiger partial charge in [-0.25, -0.2) is 5.43 Å². The molecular formula is C21H26N4O3. The van der Waals surface area contributed by atoms with Gasteiger partial charge in [-0.05, 0) is 50.2 Å². The molecule has 2 rings (SSSR count). The molecule has 2 N–H and O–H groups in total. The molecule has 0 radical (unpaired) electrons. The highest BCUT2D eigenvalue weighted by Gasteiger charge is 2.07. The lowest BCUT2D eigenvalue weighted by Gasteiger charge is -2.13. The second kappa shape index (κ2) is 10.1. The summed E-state index contributed by atoms with van der Waals surface area (Å²) in [7, 11) is 3.90. The average molecular weight is 382 g/mol. The van der Waals surface area contributed by atoms with Gasteiger partial charge in [0.05, 0.1) is 6.42 Å². The van der Waals surface area contributed by atoms with Crippen molar-refractivity contribution < 1.29 is 14.3 Å². The Bertz CT molecular complexity index is 828. The third-order valence-corrected chi connectivity index (χ3v) is 3.85. The number of rotatable bonds is 8. The van der Waals surface area contributed by atoms with Crippen LogP contribution < -0.4 is 20.4 Å². The van der Waals surface area contributed by atoms with Crippen LogP contribution in [0.1, 0.15) is 18.9 Å². The smallest absolute Gasteiger partial charge is 0.277 e. The van der Waals surface area contributed by atoms with Crippen LogP contribution in [-0.4, -0.2) is 38.2 Å². The summed E-state index contributed by atoms with van der Waals surface area (Å²) in [5.41, 5.74) is 5.75. The first-order valence-corrected chi connectivity index (χ1v) is 8.92. The van der Waals surface area contributed by atoms with E-state index in [-0.39, 0.29) is 24.8 Å². The Labute approximate surface area is 165 Å². The molecule has 0 heterocycles. The molecule has 2 aromatic carbocycles. The first-order valence-electron chi connectivity index (χ1n) is 8.92. The third kappa shape index (κ3) is 7.11. The summed E-state index contributed by atoms with van der Waals surface area (Å²) in [5, 5.41) is 6.74. The molecule has 7 nitrogen and oxygen atoms in total. The monoisotopic (exact) mass is 382 g/mol. The molecule has 148 valence electrons. The Balaban J connectivity index is 1.75. The van der Waals surface area contributed by atoms with Gasteiger partial charge in [-0.2, -0.15) is 5.10 Å². The molecule has 0 atom stereocenters. The van der Waals surface area contributed by atoms with Crippen molar-refractivity contribution in [3.8, 4) is 5.75 Å². The van der Waals surface area contributed by atoms with Gasteiger partial charge in [0.15, 0.2) is 6.61 Å². The van der Waals surface area contributed by atoms with Crippen molar-refractivity contribution in [1.82, 2.24) is 5.43 Å². The van der Waals surface area contributed by atoms with E-state index in [1.165, 1.54) is 0 Å². The molecular weight excluding hydrogens is 356 g/mol. The number of aryl methyl sites for hydroxylation is 1. The largest absolute Gasteiger partial charge is 0.484 e. The number of benzene rings is 2. The van der Waals surface area contributed by atoms with E-state index in [9.17, 15) is 9.59 Å². The summed E-state index contributed by atoms with van der Waals surface area (Å²) in [6.07, 6.45) is 0.0779. The Kier molecular flexibility index (Phi) is 7.56. The molecule has 2 amide bonds. The molecule has 0 aliphatic carbocycles. The number of hydrogen-bond donors (Lipinski definition) is 2. The molecule has 2 aromatic rings. The Hall–Kier alpha value is -3.35. The van der Waals surface area contributed by atoms with Crippen LogP contribution in [0.25, 0.3) is 0 Å². The van der Waals surface area contributed by atoms with E-state index in [4.69, 9.17) is 4.74 Å². The van der Waals surface area contributed by atoms with E-state index in [2.05, 4.69) is 15.8 Å². The maximum Gasteiger partial charge on any atom is 0.277 e. The molecule has 0 unspecified atom stereocenters. The van der Waals surface area contributed by atoms with Gasteiger partial charge in [0.2, 0.25) is 5.91 Å². The molecule has 0 fully saturated rings. The number of carbonyl (C=O) groups is 2. The van der Waals surface area contributed by atoms with E-state index in [0.717, 1.165) is 11.3 Å². The first-order chi connectivity index (χ1) is 13.3. The Morgan fingerprint density at radius 2 is 1.64 bits per heavy atom. The highest BCUT2D eigenvalue weighted by molar-refractivity contribution is 6.05. The third-order valence-electron chi connectivity index (χ3n) is 3.85. The first kappa shape index (κ1) is 21.0. The van der Waals surface area contributed by atoms with E-state index >= 15 is 0 Å². The number of nitrogens with zero attached hydrogens (tertiary/aromatic N) is 2. The highest BCUT2D eigenvalue weighted by atomic mass is 16.5. The minimum absolute atomic E-state index is 0.0779. The lowest BCUT2D eigenvalue weighted by molar-refractivity contribution is -0.123. The normalized spacial score (nSPS) is 10.9. The van der Waals surface area contributed by atoms with Crippen LogP contribution in [0, 0.1) is 6.92 Å². The van der Waals surface area contributed by atoms with Gasteiger partial charge in [0, 0.05) is 31.2 Å². The molecule has 0 aliphatic heterocycles. The minimum Gasteiger partial charge on any atom is -0.484 e. The zero-order chi connectivity index (χ0) is 20.5. The van der Waals surface area contributed by atoms with Crippen molar-refractivity contribution in [2.24, 2.45) is 5.10 Å². The van der Waals surface area contributed by atoms with Crippen LogP contribution >= 0.6 is 0 Å². The Morgan fingerprint density at radius 1 is 1.00 bits per heavy atom. The van der Waals surface area contributed by atoms with Gasteiger partial charge in [0.25, 0.3) is 5.91 Å². The van der Waals surface area contributed by atoms with Crippen LogP contribution in [-0.2, 0) is 9.59 Å². The average Bonchev–Trinajstić information content (AvgIpc) is 2.66. The van der Waals surface area contributed by atoms with Crippen LogP contribution in [0.2, 0.25) is 0 Å². The minimum atomic E-state index is -0.389. The zero-order valence-electron chi connectivity index (χ0n) is 16.7. The lowest BCUT2D eigenvalue weighted by Crippen LogP contribution is -2.26. The summed E-state index contributed by atoms with van der Waals surface area (Å²) in [6, 6.07) is 14.9. The predicted octanol–water partition coefficient (Wildman–Crippen LogP) is 2.96. The molecule has 0 aromatic heterocycles. The van der Waals surface area contributed by atoms with Gasteiger partial charge in [-0.15, -0.1) is 0 Å². The molecule has 0 saturated carbocycles. The summed E-state index contributed by atoms with van der Waals surface area (Å²) >= 11 is 0. The van der Waals surface area contributed by atoms with Crippen molar-refractivity contribution in [3.05, 3.63) is 54.1 Å². The van der Waals surface area contributed by atoms with Gasteiger partial charge in [-0.3, -0.25) is 9.59 Å². The van der Waals surface area contributed by atoms with E-state index in [1.807, 2.05) is 62.3 Å². The van der Waals surface area contributed by atoms with Crippen LogP contribution in [0.4, 0.5) is 11.4 Å². The lowest BCUT2D eigenvalue weighted by atomic mass is 10.2. The standard InChI is InChI=1S/C21H26N4O3/c1-15-5-11-19(12-6-15)28-14-21(27)24-23-16(2)13-20(26)22-17-7-9-18(10-8-17)25(3)4/h5-12H,13-14H2,1-4H3,(H,22,26)(H,24,27)/b23-16+. The number of ether oxygens (including phenoxy) is 1. The topological polar surface area (TPSA) is 83.0 Å². The van der Waals surface area contributed by atoms with Crippen molar-refractivity contribution >= 4 is 28.9 Å². The maximum atomic E-state index is 12.1. The van der Waals surface area contributed by atoms with E-state index in [1.54, 1.807) is 19.1 Å². The molecule has 0 bridgehead atoms. The number of hydrogen-bond acceptors (Lipinski definition) is 5. The van der Waals surface area contributed by atoms with Crippen LogP contribution in [0.15, 0.2) is 53.6 Å². The maximum absolute atomic E-state index is 12.1. The fraction of sp³-hybridized carbons (Fsp3) is 0.286. The van der Waals surface area contributed by atoms with E-state index in [0.29, 0.717) is 17.1 Å². The SMILES string of the molecule is C/C(CC(=O)Nc1ccc(N(C)C)cc1)=N\NC(=O)COc1ccc(C)cc1. The van der Waals surface area contributed by atoms with Crippen LogP contribution in [0.3, 0.4) is 0 Å². The van der Waals surface area contributed by atoms with Gasteiger partial charge in [0.1, 0.15) is 5.75 Å². The Morgan fingerprint density at radius 3 is 2.25 bits per heavy atom. The molecule has 0 aliphatic rings. The van der Waals surface area contributed by atoms with Gasteiger partial charge < -0.3 is 15.0 Å². The van der Waals surface area contributed by atoms with Crippen molar-refractivity contribution in [3.63, 3.8) is 0 Å². The zero-order valence-corrected chi connectivity index (χ0v) is 16.7. The fourth-order valence-electron chi connectivity index (χ4n) is 2.29. The number of anilines is 2. The van der Waals surface area contributed by atoms with Crippen molar-refractivity contribution in [1.29, 1.82) is 0 Å². The number of nitrogens with one attached hydrogen (secondary N) is 2. The molecule has 0 saturated heterocycles. The fourth-order valence-corrected chi connectivity index (χ4v) is 2.29. The molecule has 28 heavy (non-hydrogen) atoms. The number of amides is 2. The highest BCUT2D eigenvalue weighted by Crippen LogP contribution is 2.15. The number of carbonyl (C=O) groups excluding carboxylic acids is 2. The second-order valence-corrected chi connectivity index (χ2v) is 6.65. The summed E-state index contributed by atoms with van der Waals surface area (Å²) in [6.45, 7) is 3.50. The van der Waals surface area contributed by atoms with Crippen LogP contribution in [0.5, 0.6) is 5.75 Å². The van der Waals surface area contributed by atoms with Gasteiger partial charge in [-0.1, -0.05) is 17.7 Å². The number of hydrazone groups is 1. The van der Waals surface area contributed by atoms with E-state index < -0.39 is 0 Å². The quantitative estimate of drug-likeness (QED) is 0.543. The van der Waals surface area contributed by atoms with Gasteiger partial charge >= 0.3 is 0 Å². The van der Waals surface area contributed by atoms with Crippen molar-refractivity contribution in [2.75, 3.05) is 30.9 Å². The summed E-state index contributed by atoms with van der Waals surface area (Å²) < 4.78 is 5.38. The molecule has 7 heteroatoms. The molecule has 0 spiro atoms. The summed E-state index contributed by atoms with van der Waals surface area (Å²) in [4.78, 5) is 25.9.